The van der Waals surface area contributed by atoms with Gasteiger partial charge in [0.2, 0.25) is 5.91 Å². The molecule has 2 aromatic carbocycles. The monoisotopic (exact) mass is 357 g/mol. The largest absolute Gasteiger partial charge is 0.366 e. The zero-order valence-corrected chi connectivity index (χ0v) is 15.5. The average molecular weight is 358 g/mol. The molecule has 3 rings (SSSR count). The Balaban J connectivity index is 0. The maximum Gasteiger partial charge on any atom is 0.248 e. The highest BCUT2D eigenvalue weighted by molar-refractivity contribution is 5.94. The first-order valence-corrected chi connectivity index (χ1v) is 8.98. The highest BCUT2D eigenvalue weighted by Gasteiger charge is 2.26. The van der Waals surface area contributed by atoms with Gasteiger partial charge in [-0.3, -0.25) is 4.79 Å². The van der Waals surface area contributed by atoms with Gasteiger partial charge in [-0.05, 0) is 49.3 Å². The Labute approximate surface area is 161 Å². The van der Waals surface area contributed by atoms with E-state index in [1.54, 1.807) is 0 Å². The number of carbonyl (C=O) groups is 1. The second kappa shape index (κ2) is 14.1. The van der Waals surface area contributed by atoms with E-state index in [-0.39, 0.29) is 20.8 Å². The van der Waals surface area contributed by atoms with E-state index in [1.165, 1.54) is 30.4 Å². The third kappa shape index (κ3) is 8.84. The molecule has 1 aliphatic carbocycles. The number of carbonyl (C=O) groups excluding carboxylic acids is 1. The highest BCUT2D eigenvalue weighted by Crippen LogP contribution is 2.42. The van der Waals surface area contributed by atoms with Crippen molar-refractivity contribution in [2.75, 3.05) is 0 Å². The predicted octanol–water partition coefficient (Wildman–Crippen LogP) is 6.91. The predicted molar refractivity (Wildman–Crippen MR) is 117 cm³/mol. The second-order valence-electron chi connectivity index (χ2n) is 6.23. The molecule has 0 bridgehead atoms. The Morgan fingerprint density at radius 1 is 0.962 bits per heavy atom. The minimum Gasteiger partial charge on any atom is -0.366 e. The molecule has 2 nitrogen and oxygen atoms in total. The van der Waals surface area contributed by atoms with Crippen LogP contribution in [0, 0.1) is 6.92 Å². The van der Waals surface area contributed by atoms with Gasteiger partial charge in [-0.15, -0.1) is 0 Å². The molecule has 0 spiro atoms. The van der Waals surface area contributed by atoms with Gasteiger partial charge < -0.3 is 5.73 Å². The lowest BCUT2D eigenvalue weighted by atomic mass is 9.95. The smallest absolute Gasteiger partial charge is 0.248 e. The van der Waals surface area contributed by atoms with Gasteiger partial charge in [0.1, 0.15) is 0 Å². The van der Waals surface area contributed by atoms with Crippen LogP contribution < -0.4 is 5.73 Å². The molecule has 2 N–H and O–H groups in total. The second-order valence-corrected chi connectivity index (χ2v) is 6.23. The maximum atomic E-state index is 11.2. The van der Waals surface area contributed by atoms with Crippen LogP contribution in [0.5, 0.6) is 0 Å². The lowest BCUT2D eigenvalue weighted by Crippen LogP contribution is -2.14. The van der Waals surface area contributed by atoms with Crippen molar-refractivity contribution in [2.45, 2.75) is 74.1 Å². The Hall–Kier alpha value is -2.09. The SMILES string of the molecule is C.C.CCC.CCc1c(C(N)=O)cccc1C1CC1.Cc1ccccc1. The van der Waals surface area contributed by atoms with Crippen molar-refractivity contribution < 1.29 is 4.79 Å². The van der Waals surface area contributed by atoms with Gasteiger partial charge in [-0.2, -0.15) is 0 Å². The first-order valence-electron chi connectivity index (χ1n) is 8.98. The maximum absolute atomic E-state index is 11.2. The number of nitrogens with two attached hydrogens (primary N) is 1. The zero-order chi connectivity index (χ0) is 17.9. The van der Waals surface area contributed by atoms with Gasteiger partial charge in [0.25, 0.3) is 0 Å². The standard InChI is InChI=1S/C12H15NO.C7H8.C3H8.2CH4/c1-2-9-10(8-6-7-8)4-3-5-11(9)12(13)14;1-7-5-3-2-4-6-7;1-3-2;;/h3-5,8H,2,6-7H2,1H3,(H2,13,14);2-6H,1H3;3H2,1-2H3;2*1H4. The van der Waals surface area contributed by atoms with Crippen molar-refractivity contribution in [3.8, 4) is 0 Å². The van der Waals surface area contributed by atoms with Gasteiger partial charge >= 0.3 is 0 Å². The zero-order valence-electron chi connectivity index (χ0n) is 15.5. The van der Waals surface area contributed by atoms with E-state index in [4.69, 9.17) is 5.73 Å². The van der Waals surface area contributed by atoms with Crippen molar-refractivity contribution in [2.24, 2.45) is 5.73 Å². The molecule has 1 aliphatic rings. The molecular formula is C24H39NO. The van der Waals surface area contributed by atoms with Crippen molar-refractivity contribution in [3.05, 3.63) is 70.8 Å². The third-order valence-corrected chi connectivity index (χ3v) is 3.79. The molecule has 0 radical (unpaired) electrons. The van der Waals surface area contributed by atoms with Crippen LogP contribution in [0.2, 0.25) is 0 Å². The summed E-state index contributed by atoms with van der Waals surface area (Å²) in [6, 6.07) is 16.2. The summed E-state index contributed by atoms with van der Waals surface area (Å²) in [5.74, 6) is 0.383. The molecule has 2 aromatic rings. The summed E-state index contributed by atoms with van der Waals surface area (Å²) >= 11 is 0. The molecular weight excluding hydrogens is 318 g/mol. The molecule has 0 saturated heterocycles. The summed E-state index contributed by atoms with van der Waals surface area (Å²) in [4.78, 5) is 11.2. The molecule has 1 amide bonds. The molecule has 0 atom stereocenters. The van der Waals surface area contributed by atoms with Crippen molar-refractivity contribution >= 4 is 5.91 Å². The van der Waals surface area contributed by atoms with Crippen LogP contribution >= 0.6 is 0 Å². The first-order chi connectivity index (χ1) is 11.5. The highest BCUT2D eigenvalue weighted by atomic mass is 16.1. The van der Waals surface area contributed by atoms with Crippen LogP contribution in [0.25, 0.3) is 0 Å². The van der Waals surface area contributed by atoms with Gasteiger partial charge in [0, 0.05) is 5.56 Å². The third-order valence-electron chi connectivity index (χ3n) is 3.79. The Morgan fingerprint density at radius 3 is 1.85 bits per heavy atom. The van der Waals surface area contributed by atoms with Crippen LogP contribution in [0.3, 0.4) is 0 Å². The molecule has 26 heavy (non-hydrogen) atoms. The molecule has 1 saturated carbocycles. The van der Waals surface area contributed by atoms with E-state index in [0.29, 0.717) is 11.5 Å². The van der Waals surface area contributed by atoms with Gasteiger partial charge in [-0.1, -0.05) is 90.1 Å². The van der Waals surface area contributed by atoms with Crippen LogP contribution in [0.1, 0.15) is 87.9 Å². The van der Waals surface area contributed by atoms with E-state index >= 15 is 0 Å². The molecule has 0 aromatic heterocycles. The normalized spacial score (nSPS) is 11.4. The molecule has 1 fully saturated rings. The molecule has 2 heteroatoms. The summed E-state index contributed by atoms with van der Waals surface area (Å²) in [5.41, 5.74) is 9.86. The van der Waals surface area contributed by atoms with Crippen molar-refractivity contribution in [1.82, 2.24) is 0 Å². The fourth-order valence-electron chi connectivity index (χ4n) is 2.54. The Kier molecular flexibility index (Phi) is 14.2. The summed E-state index contributed by atoms with van der Waals surface area (Å²) < 4.78 is 0. The van der Waals surface area contributed by atoms with Gasteiger partial charge in [0.05, 0.1) is 0 Å². The van der Waals surface area contributed by atoms with Crippen LogP contribution in [-0.2, 0) is 6.42 Å². The average Bonchev–Trinajstić information content (AvgIpc) is 3.41. The van der Waals surface area contributed by atoms with Crippen molar-refractivity contribution in [1.29, 1.82) is 0 Å². The quantitative estimate of drug-likeness (QED) is 0.637. The molecule has 0 heterocycles. The number of rotatable bonds is 3. The summed E-state index contributed by atoms with van der Waals surface area (Å²) in [6.45, 7) is 8.41. The number of amides is 1. The van der Waals surface area contributed by atoms with E-state index in [9.17, 15) is 4.79 Å². The molecule has 0 unspecified atom stereocenters. The fourth-order valence-corrected chi connectivity index (χ4v) is 2.54. The van der Waals surface area contributed by atoms with Crippen LogP contribution in [0.4, 0.5) is 0 Å². The number of primary amides is 1. The lowest BCUT2D eigenvalue weighted by molar-refractivity contribution is 0.0999. The Bertz CT molecular complexity index is 615. The Morgan fingerprint density at radius 2 is 1.50 bits per heavy atom. The van der Waals surface area contributed by atoms with Gasteiger partial charge in [0.15, 0.2) is 0 Å². The minimum absolute atomic E-state index is 0. The summed E-state index contributed by atoms with van der Waals surface area (Å²) in [7, 11) is 0. The minimum atomic E-state index is -0.302. The topological polar surface area (TPSA) is 43.1 Å². The van der Waals surface area contributed by atoms with E-state index in [1.807, 2.05) is 30.3 Å². The van der Waals surface area contributed by atoms with Gasteiger partial charge in [-0.25, -0.2) is 0 Å². The fraction of sp³-hybridized carbons (Fsp3) is 0.458. The van der Waals surface area contributed by atoms with E-state index < -0.39 is 0 Å². The molecule has 146 valence electrons. The first kappa shape index (κ1) is 26.1. The number of benzene rings is 2. The summed E-state index contributed by atoms with van der Waals surface area (Å²) in [6.07, 6.45) is 4.66. The van der Waals surface area contributed by atoms with E-state index in [2.05, 4.69) is 45.9 Å². The summed E-state index contributed by atoms with van der Waals surface area (Å²) in [5, 5.41) is 0. The van der Waals surface area contributed by atoms with Crippen LogP contribution in [0.15, 0.2) is 48.5 Å². The number of aryl methyl sites for hydroxylation is 1. The number of hydrogen-bond donors (Lipinski definition) is 1. The number of hydrogen-bond acceptors (Lipinski definition) is 1. The lowest BCUT2D eigenvalue weighted by Gasteiger charge is -2.10. The van der Waals surface area contributed by atoms with Crippen LogP contribution in [-0.4, -0.2) is 5.91 Å². The van der Waals surface area contributed by atoms with E-state index in [0.717, 1.165) is 12.0 Å². The van der Waals surface area contributed by atoms with Crippen molar-refractivity contribution in [3.63, 3.8) is 0 Å². The molecule has 0 aliphatic heterocycles.